The van der Waals surface area contributed by atoms with Gasteiger partial charge in [-0.1, -0.05) is 23.2 Å². The second-order valence-electron chi connectivity index (χ2n) is 3.24. The number of amides is 1. The summed E-state index contributed by atoms with van der Waals surface area (Å²) < 4.78 is 23.7. The van der Waals surface area contributed by atoms with Crippen molar-refractivity contribution >= 4 is 29.1 Å². The van der Waals surface area contributed by atoms with E-state index in [9.17, 15) is 18.7 Å². The minimum absolute atomic E-state index is 0.147. The van der Waals surface area contributed by atoms with E-state index < -0.39 is 25.0 Å². The van der Waals surface area contributed by atoms with Crippen LogP contribution in [0, 0.1) is 0 Å². The van der Waals surface area contributed by atoms with Crippen molar-refractivity contribution in [3.05, 3.63) is 33.8 Å². The summed E-state index contributed by atoms with van der Waals surface area (Å²) in [4.78, 5) is 11.3. The van der Waals surface area contributed by atoms with Crippen molar-refractivity contribution in [2.24, 2.45) is 0 Å². The highest BCUT2D eigenvalue weighted by Gasteiger charge is 2.19. The third kappa shape index (κ3) is 4.46. The standard InChI is InChI=1S/C10H9Cl2F2NO2/c11-6-1-5(2-7(12)3-6)9(16)10(17)15-4-8(13)14/h1-3,8-9,16H,4H2,(H,15,17). The zero-order valence-electron chi connectivity index (χ0n) is 8.46. The van der Waals surface area contributed by atoms with Gasteiger partial charge in [0.25, 0.3) is 12.3 Å². The molecule has 7 heteroatoms. The maximum Gasteiger partial charge on any atom is 0.255 e. The van der Waals surface area contributed by atoms with Gasteiger partial charge in [-0.3, -0.25) is 4.79 Å². The summed E-state index contributed by atoms with van der Waals surface area (Å²) in [7, 11) is 0. The lowest BCUT2D eigenvalue weighted by Crippen LogP contribution is -2.32. The minimum atomic E-state index is -2.67. The predicted octanol–water partition coefficient (Wildman–Crippen LogP) is 2.41. The molecule has 0 bridgehead atoms. The van der Waals surface area contributed by atoms with Gasteiger partial charge < -0.3 is 10.4 Å². The number of alkyl halides is 2. The Bertz CT molecular complexity index is 395. The number of carbonyl (C=O) groups is 1. The fourth-order valence-electron chi connectivity index (χ4n) is 1.16. The van der Waals surface area contributed by atoms with E-state index in [1.807, 2.05) is 5.32 Å². The molecule has 1 aromatic carbocycles. The summed E-state index contributed by atoms with van der Waals surface area (Å²) in [5.74, 6) is -0.927. The van der Waals surface area contributed by atoms with Crippen LogP contribution in [0.25, 0.3) is 0 Å². The molecule has 0 aliphatic rings. The van der Waals surface area contributed by atoms with Crippen LogP contribution in [0.5, 0.6) is 0 Å². The lowest BCUT2D eigenvalue weighted by atomic mass is 10.1. The zero-order chi connectivity index (χ0) is 13.0. The summed E-state index contributed by atoms with van der Waals surface area (Å²) in [6, 6.07) is 4.09. The smallest absolute Gasteiger partial charge is 0.255 e. The van der Waals surface area contributed by atoms with Gasteiger partial charge in [0.2, 0.25) is 0 Å². The Labute approximate surface area is 106 Å². The first-order valence-corrected chi connectivity index (χ1v) is 5.35. The predicted molar refractivity (Wildman–Crippen MR) is 60.4 cm³/mol. The Kier molecular flexibility index (Phi) is 5.11. The molecule has 0 saturated carbocycles. The lowest BCUT2D eigenvalue weighted by molar-refractivity contribution is -0.130. The summed E-state index contributed by atoms with van der Waals surface area (Å²) >= 11 is 11.4. The quantitative estimate of drug-likeness (QED) is 0.892. The number of aliphatic hydroxyl groups is 1. The van der Waals surface area contributed by atoms with E-state index in [4.69, 9.17) is 23.2 Å². The molecule has 1 amide bonds. The number of nitrogens with one attached hydrogen (secondary N) is 1. The molecule has 1 atom stereocenters. The topological polar surface area (TPSA) is 49.3 Å². The molecule has 17 heavy (non-hydrogen) atoms. The van der Waals surface area contributed by atoms with Gasteiger partial charge in [0.1, 0.15) is 0 Å². The van der Waals surface area contributed by atoms with Crippen molar-refractivity contribution < 1.29 is 18.7 Å². The molecule has 0 spiro atoms. The SMILES string of the molecule is O=C(NCC(F)F)C(O)c1cc(Cl)cc(Cl)c1. The van der Waals surface area contributed by atoms with E-state index in [-0.39, 0.29) is 15.6 Å². The van der Waals surface area contributed by atoms with Crippen molar-refractivity contribution in [3.63, 3.8) is 0 Å². The molecule has 1 aromatic rings. The Morgan fingerprint density at radius 2 is 1.82 bits per heavy atom. The molecule has 0 aromatic heterocycles. The lowest BCUT2D eigenvalue weighted by Gasteiger charge is -2.12. The van der Waals surface area contributed by atoms with Crippen LogP contribution in [0.15, 0.2) is 18.2 Å². The van der Waals surface area contributed by atoms with Crippen LogP contribution in [-0.2, 0) is 4.79 Å². The first kappa shape index (κ1) is 14.2. The molecule has 1 unspecified atom stereocenters. The first-order chi connectivity index (χ1) is 7.90. The zero-order valence-corrected chi connectivity index (χ0v) is 9.97. The van der Waals surface area contributed by atoms with Gasteiger partial charge in [0.15, 0.2) is 6.10 Å². The Hall–Kier alpha value is -0.910. The molecule has 1 rings (SSSR count). The number of carbonyl (C=O) groups excluding carboxylic acids is 1. The Balaban J connectivity index is 2.74. The van der Waals surface area contributed by atoms with E-state index in [0.717, 1.165) is 0 Å². The highest BCUT2D eigenvalue weighted by Crippen LogP contribution is 2.23. The average molecular weight is 284 g/mol. The molecule has 0 aliphatic heterocycles. The Morgan fingerprint density at radius 1 is 1.29 bits per heavy atom. The van der Waals surface area contributed by atoms with Crippen LogP contribution in [0.4, 0.5) is 8.78 Å². The van der Waals surface area contributed by atoms with Gasteiger partial charge in [-0.25, -0.2) is 8.78 Å². The molecule has 0 saturated heterocycles. The maximum atomic E-state index is 11.9. The van der Waals surface area contributed by atoms with E-state index in [0.29, 0.717) is 0 Å². The van der Waals surface area contributed by atoms with Crippen molar-refractivity contribution in [2.75, 3.05) is 6.54 Å². The van der Waals surface area contributed by atoms with E-state index in [1.165, 1.54) is 18.2 Å². The highest BCUT2D eigenvalue weighted by atomic mass is 35.5. The summed E-state index contributed by atoms with van der Waals surface area (Å²) in [5.41, 5.74) is 0.147. The van der Waals surface area contributed by atoms with E-state index >= 15 is 0 Å². The second-order valence-corrected chi connectivity index (χ2v) is 4.11. The van der Waals surface area contributed by atoms with Crippen LogP contribution in [0.2, 0.25) is 10.0 Å². The fraction of sp³-hybridized carbons (Fsp3) is 0.300. The Morgan fingerprint density at radius 3 is 2.29 bits per heavy atom. The third-order valence-electron chi connectivity index (χ3n) is 1.88. The van der Waals surface area contributed by atoms with Gasteiger partial charge >= 0.3 is 0 Å². The van der Waals surface area contributed by atoms with Gasteiger partial charge in [0.05, 0.1) is 6.54 Å². The largest absolute Gasteiger partial charge is 0.378 e. The van der Waals surface area contributed by atoms with Crippen molar-refractivity contribution in [1.29, 1.82) is 0 Å². The number of hydrogen-bond acceptors (Lipinski definition) is 2. The maximum absolute atomic E-state index is 11.9. The van der Waals surface area contributed by atoms with E-state index in [1.54, 1.807) is 0 Å². The number of halogens is 4. The minimum Gasteiger partial charge on any atom is -0.378 e. The van der Waals surface area contributed by atoms with Crippen LogP contribution >= 0.6 is 23.2 Å². The highest BCUT2D eigenvalue weighted by molar-refractivity contribution is 6.34. The molecule has 0 aliphatic carbocycles. The second kappa shape index (κ2) is 6.14. The number of aliphatic hydroxyl groups excluding tert-OH is 1. The third-order valence-corrected chi connectivity index (χ3v) is 2.32. The van der Waals surface area contributed by atoms with Crippen LogP contribution in [-0.4, -0.2) is 24.0 Å². The van der Waals surface area contributed by atoms with E-state index in [2.05, 4.69) is 0 Å². The molecular weight excluding hydrogens is 275 g/mol. The molecule has 0 heterocycles. The molecule has 2 N–H and O–H groups in total. The molecule has 3 nitrogen and oxygen atoms in total. The number of benzene rings is 1. The average Bonchev–Trinajstić information content (AvgIpc) is 2.23. The van der Waals surface area contributed by atoms with Crippen molar-refractivity contribution in [2.45, 2.75) is 12.5 Å². The van der Waals surface area contributed by atoms with Crippen molar-refractivity contribution in [3.8, 4) is 0 Å². The fourth-order valence-corrected chi connectivity index (χ4v) is 1.70. The molecule has 0 fully saturated rings. The summed E-state index contributed by atoms with van der Waals surface area (Å²) in [6.45, 7) is -0.815. The number of rotatable bonds is 4. The molecule has 94 valence electrons. The number of hydrogen-bond donors (Lipinski definition) is 2. The van der Waals surface area contributed by atoms with Crippen LogP contribution < -0.4 is 5.32 Å². The van der Waals surface area contributed by atoms with Crippen LogP contribution in [0.3, 0.4) is 0 Å². The molecule has 0 radical (unpaired) electrons. The van der Waals surface area contributed by atoms with Crippen molar-refractivity contribution in [1.82, 2.24) is 5.32 Å². The monoisotopic (exact) mass is 283 g/mol. The summed E-state index contributed by atoms with van der Waals surface area (Å²) in [6.07, 6.45) is -4.25. The van der Waals surface area contributed by atoms with Gasteiger partial charge in [0, 0.05) is 10.0 Å². The molecular formula is C10H9Cl2F2NO2. The normalized spacial score (nSPS) is 12.6. The van der Waals surface area contributed by atoms with Gasteiger partial charge in [-0.2, -0.15) is 0 Å². The van der Waals surface area contributed by atoms with Crippen LogP contribution in [0.1, 0.15) is 11.7 Å². The van der Waals surface area contributed by atoms with Gasteiger partial charge in [-0.15, -0.1) is 0 Å². The summed E-state index contributed by atoms with van der Waals surface area (Å²) in [5, 5.41) is 12.0. The van der Waals surface area contributed by atoms with Gasteiger partial charge in [-0.05, 0) is 23.8 Å². The first-order valence-electron chi connectivity index (χ1n) is 4.60.